The molecule has 1 fully saturated rings. The van der Waals surface area contributed by atoms with E-state index in [9.17, 15) is 9.90 Å². The number of piperidine rings is 1. The Bertz CT molecular complexity index is 439. The van der Waals surface area contributed by atoms with Gasteiger partial charge in [-0.15, -0.1) is 0 Å². The zero-order valence-electron chi connectivity index (χ0n) is 12.8. The molecule has 1 aliphatic rings. The van der Waals surface area contributed by atoms with Gasteiger partial charge in [0.1, 0.15) is 5.75 Å². The number of nitrogens with one attached hydrogen (secondary N) is 1. The van der Waals surface area contributed by atoms with E-state index in [1.54, 1.807) is 12.1 Å². The number of phenols is 1. The summed E-state index contributed by atoms with van der Waals surface area (Å²) in [4.78, 5) is 14.4. The summed E-state index contributed by atoms with van der Waals surface area (Å²) in [5.74, 6) is 0.353. The second kappa shape index (κ2) is 8.03. The average Bonchev–Trinajstić information content (AvgIpc) is 2.49. The van der Waals surface area contributed by atoms with Crippen molar-refractivity contribution in [1.82, 2.24) is 10.2 Å². The monoisotopic (exact) mass is 290 g/mol. The maximum atomic E-state index is 12.0. The first kappa shape index (κ1) is 15.8. The summed E-state index contributed by atoms with van der Waals surface area (Å²) in [7, 11) is 0. The normalized spacial score (nSPS) is 17.4. The summed E-state index contributed by atoms with van der Waals surface area (Å²) in [6.45, 7) is 5.37. The first-order valence-corrected chi connectivity index (χ1v) is 7.96. The molecule has 0 saturated carbocycles. The lowest BCUT2D eigenvalue weighted by atomic mass is 10.1. The van der Waals surface area contributed by atoms with Crippen LogP contribution in [-0.4, -0.2) is 35.5 Å². The van der Waals surface area contributed by atoms with Crippen molar-refractivity contribution in [3.8, 4) is 5.75 Å². The average molecular weight is 290 g/mol. The molecule has 1 aromatic carbocycles. The van der Waals surface area contributed by atoms with Crippen molar-refractivity contribution in [3.63, 3.8) is 0 Å². The number of hydrogen-bond acceptors (Lipinski definition) is 3. The van der Waals surface area contributed by atoms with E-state index in [2.05, 4.69) is 10.2 Å². The molecule has 1 amide bonds. The molecule has 4 heteroatoms. The number of carbonyl (C=O) groups is 1. The molecule has 1 aromatic rings. The number of amides is 1. The Morgan fingerprint density at radius 1 is 1.24 bits per heavy atom. The van der Waals surface area contributed by atoms with Crippen molar-refractivity contribution in [1.29, 1.82) is 0 Å². The summed E-state index contributed by atoms with van der Waals surface area (Å²) >= 11 is 0. The molecule has 1 saturated heterocycles. The molecule has 0 radical (unpaired) electrons. The Morgan fingerprint density at radius 2 is 1.90 bits per heavy atom. The van der Waals surface area contributed by atoms with Crippen LogP contribution in [0.25, 0.3) is 0 Å². The van der Waals surface area contributed by atoms with Crippen LogP contribution in [0.2, 0.25) is 0 Å². The smallest absolute Gasteiger partial charge is 0.220 e. The fourth-order valence-electron chi connectivity index (χ4n) is 2.81. The van der Waals surface area contributed by atoms with E-state index in [0.29, 0.717) is 6.42 Å². The van der Waals surface area contributed by atoms with Crippen LogP contribution < -0.4 is 5.32 Å². The summed E-state index contributed by atoms with van der Waals surface area (Å²) in [6, 6.07) is 6.96. The maximum Gasteiger partial charge on any atom is 0.220 e. The molecule has 0 aromatic heterocycles. The molecular weight excluding hydrogens is 264 g/mol. The number of carbonyl (C=O) groups excluding carboxylic acids is 1. The topological polar surface area (TPSA) is 52.6 Å². The summed E-state index contributed by atoms with van der Waals surface area (Å²) < 4.78 is 0. The van der Waals surface area contributed by atoms with Gasteiger partial charge in [0.05, 0.1) is 6.04 Å². The van der Waals surface area contributed by atoms with Crippen LogP contribution in [0.5, 0.6) is 5.75 Å². The Kier molecular flexibility index (Phi) is 6.05. The van der Waals surface area contributed by atoms with E-state index in [4.69, 9.17) is 0 Å². The standard InChI is InChI=1S/C17H26N2O2/c1-14(15-7-9-16(20)10-8-15)18-17(21)6-5-13-19-11-3-2-4-12-19/h7-10,14,20H,2-6,11-13H2,1H3,(H,18,21)/t14-/m1/s1. The lowest BCUT2D eigenvalue weighted by Gasteiger charge is -2.26. The van der Waals surface area contributed by atoms with Crippen LogP contribution in [0.15, 0.2) is 24.3 Å². The second-order valence-corrected chi connectivity index (χ2v) is 5.89. The van der Waals surface area contributed by atoms with E-state index in [0.717, 1.165) is 18.5 Å². The zero-order chi connectivity index (χ0) is 15.1. The Balaban J connectivity index is 1.67. The largest absolute Gasteiger partial charge is 0.508 e. The highest BCUT2D eigenvalue weighted by molar-refractivity contribution is 5.76. The zero-order valence-corrected chi connectivity index (χ0v) is 12.8. The second-order valence-electron chi connectivity index (χ2n) is 5.89. The van der Waals surface area contributed by atoms with Gasteiger partial charge in [-0.25, -0.2) is 0 Å². The highest BCUT2D eigenvalue weighted by Crippen LogP contribution is 2.16. The number of benzene rings is 1. The first-order valence-electron chi connectivity index (χ1n) is 7.96. The minimum Gasteiger partial charge on any atom is -0.508 e. The Labute approximate surface area is 127 Å². The molecule has 4 nitrogen and oxygen atoms in total. The van der Waals surface area contributed by atoms with Gasteiger partial charge >= 0.3 is 0 Å². The third-order valence-corrected chi connectivity index (χ3v) is 4.10. The Morgan fingerprint density at radius 3 is 2.57 bits per heavy atom. The molecule has 0 aliphatic carbocycles. The molecule has 1 aliphatic heterocycles. The number of hydrogen-bond donors (Lipinski definition) is 2. The van der Waals surface area contributed by atoms with Gasteiger partial charge in [0.15, 0.2) is 0 Å². The molecular formula is C17H26N2O2. The van der Waals surface area contributed by atoms with E-state index in [1.165, 1.54) is 32.4 Å². The van der Waals surface area contributed by atoms with Crippen LogP contribution in [0, 0.1) is 0 Å². The van der Waals surface area contributed by atoms with Gasteiger partial charge in [-0.2, -0.15) is 0 Å². The highest BCUT2D eigenvalue weighted by atomic mass is 16.3. The lowest BCUT2D eigenvalue weighted by molar-refractivity contribution is -0.121. The molecule has 1 atom stereocenters. The third kappa shape index (κ3) is 5.38. The van der Waals surface area contributed by atoms with Crippen LogP contribution >= 0.6 is 0 Å². The molecule has 0 spiro atoms. The lowest BCUT2D eigenvalue weighted by Crippen LogP contribution is -2.32. The quantitative estimate of drug-likeness (QED) is 0.847. The predicted octanol–water partition coefficient (Wildman–Crippen LogP) is 2.84. The van der Waals surface area contributed by atoms with Gasteiger partial charge in [0.2, 0.25) is 5.91 Å². The highest BCUT2D eigenvalue weighted by Gasteiger charge is 2.12. The van der Waals surface area contributed by atoms with Gasteiger partial charge in [0, 0.05) is 6.42 Å². The van der Waals surface area contributed by atoms with E-state index in [-0.39, 0.29) is 17.7 Å². The molecule has 2 rings (SSSR count). The van der Waals surface area contributed by atoms with Crippen LogP contribution in [-0.2, 0) is 4.79 Å². The third-order valence-electron chi connectivity index (χ3n) is 4.10. The SMILES string of the molecule is C[C@@H](NC(=O)CCCN1CCCCC1)c1ccc(O)cc1. The van der Waals surface area contributed by atoms with Crippen molar-refractivity contribution in [2.45, 2.75) is 45.1 Å². The van der Waals surface area contributed by atoms with Crippen LogP contribution in [0.4, 0.5) is 0 Å². The summed E-state index contributed by atoms with van der Waals surface area (Å²) in [6.07, 6.45) is 5.45. The molecule has 1 heterocycles. The fourth-order valence-corrected chi connectivity index (χ4v) is 2.81. The maximum absolute atomic E-state index is 12.0. The predicted molar refractivity (Wildman–Crippen MR) is 84.2 cm³/mol. The van der Waals surface area contributed by atoms with Crippen molar-refractivity contribution in [2.75, 3.05) is 19.6 Å². The fraction of sp³-hybridized carbons (Fsp3) is 0.588. The van der Waals surface area contributed by atoms with Crippen molar-refractivity contribution in [2.24, 2.45) is 0 Å². The first-order chi connectivity index (χ1) is 10.1. The van der Waals surface area contributed by atoms with Gasteiger partial charge in [-0.1, -0.05) is 18.6 Å². The Hall–Kier alpha value is -1.55. The molecule has 116 valence electrons. The summed E-state index contributed by atoms with van der Waals surface area (Å²) in [5.41, 5.74) is 1.01. The van der Waals surface area contributed by atoms with E-state index < -0.39 is 0 Å². The number of rotatable bonds is 6. The summed E-state index contributed by atoms with van der Waals surface area (Å²) in [5, 5.41) is 12.3. The minimum atomic E-state index is -0.0203. The van der Waals surface area contributed by atoms with E-state index >= 15 is 0 Å². The molecule has 2 N–H and O–H groups in total. The minimum absolute atomic E-state index is 0.0203. The van der Waals surface area contributed by atoms with E-state index in [1.807, 2.05) is 19.1 Å². The van der Waals surface area contributed by atoms with Gasteiger partial charge in [0.25, 0.3) is 0 Å². The molecule has 21 heavy (non-hydrogen) atoms. The van der Waals surface area contributed by atoms with Crippen molar-refractivity contribution in [3.05, 3.63) is 29.8 Å². The van der Waals surface area contributed by atoms with Crippen molar-refractivity contribution >= 4 is 5.91 Å². The molecule has 0 unspecified atom stereocenters. The number of phenolic OH excluding ortho intramolecular Hbond substituents is 1. The van der Waals surface area contributed by atoms with Crippen molar-refractivity contribution < 1.29 is 9.90 Å². The van der Waals surface area contributed by atoms with Gasteiger partial charge in [-0.3, -0.25) is 4.79 Å². The van der Waals surface area contributed by atoms with Crippen LogP contribution in [0.1, 0.15) is 50.6 Å². The molecule has 0 bridgehead atoms. The van der Waals surface area contributed by atoms with Crippen LogP contribution in [0.3, 0.4) is 0 Å². The number of nitrogens with zero attached hydrogens (tertiary/aromatic N) is 1. The number of aromatic hydroxyl groups is 1. The van der Waals surface area contributed by atoms with Gasteiger partial charge < -0.3 is 15.3 Å². The number of likely N-dealkylation sites (tertiary alicyclic amines) is 1. The van der Waals surface area contributed by atoms with Gasteiger partial charge in [-0.05, 0) is 63.5 Å².